The van der Waals surface area contributed by atoms with Crippen LogP contribution in [0.3, 0.4) is 0 Å². The van der Waals surface area contributed by atoms with Gasteiger partial charge in [0.05, 0.1) is 52.8 Å². The van der Waals surface area contributed by atoms with Gasteiger partial charge in [-0.3, -0.25) is 4.79 Å². The number of hydrogen-bond acceptors (Lipinski definition) is 14. The van der Waals surface area contributed by atoms with E-state index in [1.165, 1.54) is 7.11 Å². The van der Waals surface area contributed by atoms with E-state index in [1.807, 2.05) is 13.8 Å². The standard InChI is InChI=1S/C39H72N2O13S/c1-11-29-38(8,46)21-40-20-22(2)18-37(7,45)34(54-36-31(42)28(17-23(3)50-36)41-55(47,48)27-15-13-12-14-16-27)24(4)32(25(5)35(44)52-29)53-30-19-39(9,49-10)33(43)26(6)51-30/h22-34,36,40-43,45-46H,11-21H2,1-10H3/t22-,23-,24+,25-,26+,28+,29-,30+,31-,32+,33+,34-,36+,37-,38+,39-/m1/s1. The van der Waals surface area contributed by atoms with Crippen molar-refractivity contribution < 1.29 is 62.1 Å². The Labute approximate surface area is 328 Å². The Kier molecular flexibility index (Phi) is 16.1. The minimum absolute atomic E-state index is 0.113. The topological polar surface area (TPSA) is 212 Å². The van der Waals surface area contributed by atoms with Crippen LogP contribution in [-0.4, -0.2) is 138 Å². The highest BCUT2D eigenvalue weighted by atomic mass is 32.2. The minimum Gasteiger partial charge on any atom is -0.459 e. The summed E-state index contributed by atoms with van der Waals surface area (Å²) in [5.74, 6) is -2.61. The van der Waals surface area contributed by atoms with Crippen LogP contribution in [0.5, 0.6) is 0 Å². The van der Waals surface area contributed by atoms with Gasteiger partial charge in [0.15, 0.2) is 12.6 Å². The summed E-state index contributed by atoms with van der Waals surface area (Å²) in [5, 5.41) is 49.2. The number of cyclic esters (lactones) is 1. The molecule has 322 valence electrons. The maximum Gasteiger partial charge on any atom is 0.311 e. The molecule has 0 aromatic rings. The Morgan fingerprint density at radius 2 is 1.60 bits per heavy atom. The van der Waals surface area contributed by atoms with Gasteiger partial charge in [-0.15, -0.1) is 0 Å². The largest absolute Gasteiger partial charge is 0.459 e. The highest BCUT2D eigenvalue weighted by Gasteiger charge is 2.52. The van der Waals surface area contributed by atoms with E-state index < -0.39 is 111 Å². The van der Waals surface area contributed by atoms with Gasteiger partial charge in [0, 0.05) is 26.0 Å². The molecular weight excluding hydrogens is 736 g/mol. The number of sulfonamides is 1. The van der Waals surface area contributed by atoms with Crippen molar-refractivity contribution in [1.82, 2.24) is 10.0 Å². The molecule has 4 fully saturated rings. The SMILES string of the molecule is CC[C@H]1OC(=O)[C@H](C)[C@@H](O[C@H]2C[C@@](C)(OC)[C@@H](O)[C@H](C)O2)[C@H](C)[C@@H](O[C@@H]2O[C@H](C)C[C@H](NS(=O)(=O)C3CCCCC3)[C@H]2O)[C@](C)(O)C[C@@H](C)CNC[C@]1(C)O. The van der Waals surface area contributed by atoms with E-state index in [4.69, 9.17) is 28.4 Å². The van der Waals surface area contributed by atoms with Crippen LogP contribution < -0.4 is 10.0 Å². The lowest BCUT2D eigenvalue weighted by Gasteiger charge is -2.48. The molecule has 16 atom stereocenters. The second-order valence-corrected chi connectivity index (χ2v) is 19.8. The second kappa shape index (κ2) is 18.9. The number of β-amino-alcohol motifs (C(OH)–C–C–N with tert-alkyl or cyclic N) is 1. The maximum atomic E-state index is 14.1. The Bertz CT molecular complexity index is 1350. The van der Waals surface area contributed by atoms with E-state index >= 15 is 0 Å². The third kappa shape index (κ3) is 11.4. The summed E-state index contributed by atoms with van der Waals surface area (Å²) in [6.45, 7) is 16.2. The molecule has 3 heterocycles. The van der Waals surface area contributed by atoms with Gasteiger partial charge in [-0.25, -0.2) is 13.1 Å². The molecule has 3 saturated heterocycles. The number of nitrogens with one attached hydrogen (secondary N) is 2. The fourth-order valence-electron chi connectivity index (χ4n) is 9.20. The number of hydrogen-bond donors (Lipinski definition) is 6. The lowest BCUT2D eigenvalue weighted by Crippen LogP contribution is -2.61. The molecule has 3 aliphatic heterocycles. The zero-order chi connectivity index (χ0) is 41.1. The summed E-state index contributed by atoms with van der Waals surface area (Å²) < 4.78 is 67.1. The van der Waals surface area contributed by atoms with Crippen LogP contribution in [0.1, 0.15) is 120 Å². The molecule has 55 heavy (non-hydrogen) atoms. The van der Waals surface area contributed by atoms with Crippen molar-refractivity contribution in [3.8, 4) is 0 Å². The van der Waals surface area contributed by atoms with E-state index in [1.54, 1.807) is 48.5 Å². The second-order valence-electron chi connectivity index (χ2n) is 17.8. The molecule has 4 rings (SSSR count). The van der Waals surface area contributed by atoms with Gasteiger partial charge < -0.3 is 54.2 Å². The molecule has 0 spiro atoms. The van der Waals surface area contributed by atoms with Crippen LogP contribution in [0, 0.1) is 17.8 Å². The van der Waals surface area contributed by atoms with Crippen molar-refractivity contribution in [3.05, 3.63) is 0 Å². The van der Waals surface area contributed by atoms with Crippen molar-refractivity contribution in [2.45, 2.75) is 204 Å². The fraction of sp³-hybridized carbons (Fsp3) is 0.974. The molecule has 0 unspecified atom stereocenters. The van der Waals surface area contributed by atoms with E-state index in [9.17, 15) is 33.6 Å². The number of esters is 1. The summed E-state index contributed by atoms with van der Waals surface area (Å²) in [6, 6.07) is -0.905. The van der Waals surface area contributed by atoms with Crippen LogP contribution >= 0.6 is 0 Å². The fourth-order valence-corrected chi connectivity index (χ4v) is 11.0. The van der Waals surface area contributed by atoms with Gasteiger partial charge in [0.1, 0.15) is 23.9 Å². The van der Waals surface area contributed by atoms with Crippen LogP contribution in [-0.2, 0) is 43.2 Å². The van der Waals surface area contributed by atoms with Gasteiger partial charge in [0.25, 0.3) is 0 Å². The predicted octanol–water partition coefficient (Wildman–Crippen LogP) is 2.50. The summed E-state index contributed by atoms with van der Waals surface area (Å²) >= 11 is 0. The minimum atomic E-state index is -3.75. The van der Waals surface area contributed by atoms with Crippen LogP contribution in [0.25, 0.3) is 0 Å². The van der Waals surface area contributed by atoms with Crippen molar-refractivity contribution in [2.24, 2.45) is 17.8 Å². The van der Waals surface area contributed by atoms with Gasteiger partial charge in [0.2, 0.25) is 10.0 Å². The maximum absolute atomic E-state index is 14.1. The number of carbonyl (C=O) groups is 1. The lowest BCUT2D eigenvalue weighted by molar-refractivity contribution is -0.315. The zero-order valence-corrected chi connectivity index (χ0v) is 35.5. The van der Waals surface area contributed by atoms with Gasteiger partial charge in [-0.05, 0) is 86.1 Å². The van der Waals surface area contributed by atoms with E-state index in [0.29, 0.717) is 25.8 Å². The number of aliphatic hydroxyl groups excluding tert-OH is 2. The summed E-state index contributed by atoms with van der Waals surface area (Å²) in [4.78, 5) is 14.1. The lowest BCUT2D eigenvalue weighted by atomic mass is 9.77. The van der Waals surface area contributed by atoms with Crippen molar-refractivity contribution in [3.63, 3.8) is 0 Å². The van der Waals surface area contributed by atoms with Gasteiger partial charge in [-0.2, -0.15) is 0 Å². The number of rotatable bonds is 9. The molecule has 0 bridgehead atoms. The van der Waals surface area contributed by atoms with Gasteiger partial charge >= 0.3 is 5.97 Å². The van der Waals surface area contributed by atoms with Crippen LogP contribution in [0.4, 0.5) is 0 Å². The van der Waals surface area contributed by atoms with Crippen molar-refractivity contribution in [1.29, 1.82) is 0 Å². The van der Waals surface area contributed by atoms with E-state index in [2.05, 4.69) is 10.0 Å². The first-order valence-electron chi connectivity index (χ1n) is 20.4. The molecule has 16 heteroatoms. The number of methoxy groups -OCH3 is 1. The first-order chi connectivity index (χ1) is 25.5. The number of aliphatic hydroxyl groups is 4. The molecule has 15 nitrogen and oxygen atoms in total. The molecule has 6 N–H and O–H groups in total. The van der Waals surface area contributed by atoms with Crippen molar-refractivity contribution in [2.75, 3.05) is 20.2 Å². The molecular formula is C39H72N2O13S. The number of ether oxygens (including phenoxy) is 6. The quantitative estimate of drug-likeness (QED) is 0.185. The number of carbonyl (C=O) groups excluding carboxylic acids is 1. The molecule has 1 aliphatic carbocycles. The van der Waals surface area contributed by atoms with Crippen LogP contribution in [0.15, 0.2) is 0 Å². The molecule has 0 radical (unpaired) electrons. The average Bonchev–Trinajstić information content (AvgIpc) is 3.11. The summed E-state index contributed by atoms with van der Waals surface area (Å²) in [6.07, 6.45) is -4.30. The van der Waals surface area contributed by atoms with Gasteiger partial charge in [-0.1, -0.05) is 40.0 Å². The van der Waals surface area contributed by atoms with Crippen LogP contribution in [0.2, 0.25) is 0 Å². The normalized spacial score (nSPS) is 46.4. The molecule has 4 aliphatic rings. The zero-order valence-electron chi connectivity index (χ0n) is 34.7. The highest BCUT2D eigenvalue weighted by molar-refractivity contribution is 7.90. The average molecular weight is 809 g/mol. The summed E-state index contributed by atoms with van der Waals surface area (Å²) in [7, 11) is -2.26. The highest BCUT2D eigenvalue weighted by Crippen LogP contribution is 2.39. The smallest absolute Gasteiger partial charge is 0.311 e. The van der Waals surface area contributed by atoms with E-state index in [0.717, 1.165) is 19.3 Å². The molecule has 1 saturated carbocycles. The molecule has 0 amide bonds. The first-order valence-corrected chi connectivity index (χ1v) is 22.0. The Hall–Kier alpha value is -1.02. The third-order valence-corrected chi connectivity index (χ3v) is 14.5. The van der Waals surface area contributed by atoms with E-state index in [-0.39, 0.29) is 31.7 Å². The Morgan fingerprint density at radius 3 is 2.22 bits per heavy atom. The Morgan fingerprint density at radius 1 is 0.945 bits per heavy atom. The van der Waals surface area contributed by atoms with Crippen molar-refractivity contribution >= 4 is 16.0 Å². The monoisotopic (exact) mass is 808 g/mol. The first kappa shape index (κ1) is 46.7. The molecule has 0 aromatic carbocycles. The Balaban J connectivity index is 1.73. The summed E-state index contributed by atoms with van der Waals surface area (Å²) in [5.41, 5.74) is -4.06. The third-order valence-electron chi connectivity index (χ3n) is 12.5. The predicted molar refractivity (Wildman–Crippen MR) is 204 cm³/mol. The molecule has 0 aromatic heterocycles.